The molecule has 0 radical (unpaired) electrons. The molecule has 0 aliphatic carbocycles. The van der Waals surface area contributed by atoms with Crippen molar-refractivity contribution in [1.29, 1.82) is 0 Å². The lowest BCUT2D eigenvalue weighted by molar-refractivity contribution is 0.388. The molecule has 4 aromatic rings. The van der Waals surface area contributed by atoms with Crippen molar-refractivity contribution in [2.75, 3.05) is 0 Å². The second kappa shape index (κ2) is 7.09. The zero-order valence-electron chi connectivity index (χ0n) is 14.9. The first kappa shape index (κ1) is 16.5. The Morgan fingerprint density at radius 2 is 1.73 bits per heavy atom. The van der Waals surface area contributed by atoms with Crippen molar-refractivity contribution in [3.63, 3.8) is 0 Å². The highest BCUT2D eigenvalue weighted by Crippen LogP contribution is 2.21. The van der Waals surface area contributed by atoms with Gasteiger partial charge in [-0.05, 0) is 36.2 Å². The third kappa shape index (κ3) is 3.23. The number of aromatic nitrogens is 5. The first-order valence-electron chi connectivity index (χ1n) is 8.85. The van der Waals surface area contributed by atoms with Gasteiger partial charge in [0.1, 0.15) is 0 Å². The van der Waals surface area contributed by atoms with Crippen LogP contribution in [-0.4, -0.2) is 24.4 Å². The lowest BCUT2D eigenvalue weighted by Crippen LogP contribution is -2.27. The van der Waals surface area contributed by atoms with Crippen molar-refractivity contribution in [3.8, 4) is 5.69 Å². The average Bonchev–Trinajstić information content (AvgIpc) is 3.30. The average molecular weight is 346 g/mol. The van der Waals surface area contributed by atoms with E-state index in [-0.39, 0.29) is 6.04 Å². The van der Waals surface area contributed by atoms with Gasteiger partial charge in [0.05, 0.1) is 17.4 Å². The number of nitrogens with zero attached hydrogens (tertiary/aromatic N) is 5. The predicted octanol–water partition coefficient (Wildman–Crippen LogP) is 3.40. The summed E-state index contributed by atoms with van der Waals surface area (Å²) in [5, 5.41) is 16.9. The summed E-state index contributed by atoms with van der Waals surface area (Å²) in [5.41, 5.74) is 2.92. The molecular formula is C20H22N6. The minimum absolute atomic E-state index is 0.0919. The summed E-state index contributed by atoms with van der Waals surface area (Å²) < 4.78 is 3.94. The van der Waals surface area contributed by atoms with Crippen molar-refractivity contribution in [1.82, 2.24) is 29.7 Å². The molecule has 0 unspecified atom stereocenters. The van der Waals surface area contributed by atoms with Gasteiger partial charge in [0.25, 0.3) is 0 Å². The Hall–Kier alpha value is -2.99. The van der Waals surface area contributed by atoms with E-state index < -0.39 is 0 Å². The van der Waals surface area contributed by atoms with Gasteiger partial charge in [-0.1, -0.05) is 38.1 Å². The summed E-state index contributed by atoms with van der Waals surface area (Å²) in [7, 11) is 0. The maximum atomic E-state index is 4.67. The topological polar surface area (TPSA) is 60.0 Å². The number of hydrogen-bond donors (Lipinski definition) is 1. The number of nitrogens with one attached hydrogen (secondary N) is 1. The Morgan fingerprint density at radius 3 is 2.54 bits per heavy atom. The van der Waals surface area contributed by atoms with E-state index in [2.05, 4.69) is 34.5 Å². The molecule has 0 saturated carbocycles. The molecule has 0 fully saturated rings. The quantitative estimate of drug-likeness (QED) is 0.581. The summed E-state index contributed by atoms with van der Waals surface area (Å²) in [5.74, 6) is 1.30. The number of hydrogen-bond acceptors (Lipinski definition) is 4. The van der Waals surface area contributed by atoms with Gasteiger partial charge in [-0.2, -0.15) is 5.10 Å². The van der Waals surface area contributed by atoms with Crippen LogP contribution in [0.25, 0.3) is 11.3 Å². The van der Waals surface area contributed by atoms with E-state index in [9.17, 15) is 0 Å². The molecule has 0 spiro atoms. The van der Waals surface area contributed by atoms with Crippen LogP contribution < -0.4 is 5.32 Å². The Labute approximate surface area is 152 Å². The van der Waals surface area contributed by atoms with Gasteiger partial charge in [-0.25, -0.2) is 4.68 Å². The van der Waals surface area contributed by atoms with Crippen molar-refractivity contribution >= 4 is 5.65 Å². The second-order valence-electron chi connectivity index (χ2n) is 6.68. The number of rotatable bonds is 6. The van der Waals surface area contributed by atoms with Crippen LogP contribution in [0.3, 0.4) is 0 Å². The second-order valence-corrected chi connectivity index (χ2v) is 6.68. The van der Waals surface area contributed by atoms with Crippen LogP contribution in [0.2, 0.25) is 0 Å². The minimum atomic E-state index is 0.0919. The molecule has 26 heavy (non-hydrogen) atoms. The Balaban J connectivity index is 1.53. The Kier molecular flexibility index (Phi) is 4.50. The molecular weight excluding hydrogens is 324 g/mol. The maximum Gasteiger partial charge on any atom is 0.160 e. The highest BCUT2D eigenvalue weighted by atomic mass is 15.3. The van der Waals surface area contributed by atoms with Gasteiger partial charge in [0.15, 0.2) is 11.5 Å². The minimum Gasteiger partial charge on any atom is -0.301 e. The van der Waals surface area contributed by atoms with Crippen LogP contribution in [-0.2, 0) is 6.54 Å². The summed E-state index contributed by atoms with van der Waals surface area (Å²) >= 11 is 0. The largest absolute Gasteiger partial charge is 0.301 e. The van der Waals surface area contributed by atoms with Gasteiger partial charge >= 0.3 is 0 Å². The molecule has 3 aromatic heterocycles. The molecule has 3 heterocycles. The van der Waals surface area contributed by atoms with Crippen LogP contribution in [0.15, 0.2) is 67.0 Å². The van der Waals surface area contributed by atoms with Gasteiger partial charge in [-0.15, -0.1) is 10.2 Å². The first-order chi connectivity index (χ1) is 12.7. The van der Waals surface area contributed by atoms with Crippen LogP contribution in [0, 0.1) is 5.92 Å². The lowest BCUT2D eigenvalue weighted by Gasteiger charge is -2.20. The fourth-order valence-electron chi connectivity index (χ4n) is 3.09. The lowest BCUT2D eigenvalue weighted by atomic mass is 10.0. The van der Waals surface area contributed by atoms with Gasteiger partial charge < -0.3 is 5.32 Å². The highest BCUT2D eigenvalue weighted by Gasteiger charge is 2.21. The van der Waals surface area contributed by atoms with E-state index in [0.29, 0.717) is 12.5 Å². The van der Waals surface area contributed by atoms with Gasteiger partial charge in [-0.3, -0.25) is 4.40 Å². The summed E-state index contributed by atoms with van der Waals surface area (Å²) in [6, 6.07) is 18.2. The predicted molar refractivity (Wildman–Crippen MR) is 101 cm³/mol. The Bertz CT molecular complexity index is 986. The summed E-state index contributed by atoms with van der Waals surface area (Å²) in [4.78, 5) is 0. The fraction of sp³-hybridized carbons (Fsp3) is 0.250. The smallest absolute Gasteiger partial charge is 0.160 e. The molecule has 6 nitrogen and oxygen atoms in total. The van der Waals surface area contributed by atoms with Crippen molar-refractivity contribution < 1.29 is 0 Å². The molecule has 4 rings (SSSR count). The van der Waals surface area contributed by atoms with Crippen molar-refractivity contribution in [2.24, 2.45) is 5.92 Å². The molecule has 1 atom stereocenters. The maximum absolute atomic E-state index is 4.67. The van der Waals surface area contributed by atoms with E-state index in [4.69, 9.17) is 0 Å². The fourth-order valence-corrected chi connectivity index (χ4v) is 3.09. The molecule has 6 heteroatoms. The van der Waals surface area contributed by atoms with Crippen LogP contribution in [0.1, 0.15) is 31.4 Å². The van der Waals surface area contributed by atoms with E-state index in [1.807, 2.05) is 76.1 Å². The van der Waals surface area contributed by atoms with Crippen molar-refractivity contribution in [2.45, 2.75) is 26.4 Å². The zero-order chi connectivity index (χ0) is 17.9. The third-order valence-electron chi connectivity index (χ3n) is 4.45. The molecule has 0 aliphatic rings. The van der Waals surface area contributed by atoms with E-state index in [0.717, 1.165) is 22.9 Å². The molecule has 1 aromatic carbocycles. The van der Waals surface area contributed by atoms with Crippen molar-refractivity contribution in [3.05, 3.63) is 78.5 Å². The SMILES string of the molecule is CC(C)[C@@H](NCc1ccn(-c2ccccc2)n1)c1nnc2ccccn12. The van der Waals surface area contributed by atoms with E-state index >= 15 is 0 Å². The normalized spacial score (nSPS) is 12.7. The number of para-hydroxylation sites is 1. The number of fused-ring (bicyclic) bond motifs is 1. The third-order valence-corrected chi connectivity index (χ3v) is 4.45. The monoisotopic (exact) mass is 346 g/mol. The van der Waals surface area contributed by atoms with Crippen LogP contribution in [0.5, 0.6) is 0 Å². The zero-order valence-corrected chi connectivity index (χ0v) is 14.9. The standard InChI is InChI=1S/C20H22N6/c1-15(2)19(20-23-22-18-10-6-7-12-25(18)20)21-14-16-11-13-26(24-16)17-8-4-3-5-9-17/h3-13,15,19,21H,14H2,1-2H3/t19-/m1/s1. The number of pyridine rings is 1. The molecule has 1 N–H and O–H groups in total. The summed E-state index contributed by atoms with van der Waals surface area (Å²) in [6.45, 7) is 5.04. The van der Waals surface area contributed by atoms with Gasteiger partial charge in [0.2, 0.25) is 0 Å². The first-order valence-corrected chi connectivity index (χ1v) is 8.85. The summed E-state index contributed by atoms with van der Waals surface area (Å²) in [6.07, 6.45) is 4.00. The Morgan fingerprint density at radius 1 is 0.923 bits per heavy atom. The molecule has 0 saturated heterocycles. The number of benzene rings is 1. The van der Waals surface area contributed by atoms with E-state index in [1.54, 1.807) is 0 Å². The van der Waals surface area contributed by atoms with E-state index in [1.165, 1.54) is 0 Å². The molecule has 0 amide bonds. The molecule has 132 valence electrons. The molecule has 0 aliphatic heterocycles. The molecule has 0 bridgehead atoms. The highest BCUT2D eigenvalue weighted by molar-refractivity contribution is 5.37. The van der Waals surface area contributed by atoms with Crippen LogP contribution in [0.4, 0.5) is 0 Å². The van der Waals surface area contributed by atoms with Gasteiger partial charge in [0, 0.05) is 18.9 Å². The van der Waals surface area contributed by atoms with Crippen LogP contribution >= 0.6 is 0 Å².